The first-order chi connectivity index (χ1) is 13.1. The Labute approximate surface area is 158 Å². The first kappa shape index (κ1) is 17.6. The fourth-order valence-corrected chi connectivity index (χ4v) is 3.98. The van der Waals surface area contributed by atoms with Crippen molar-refractivity contribution in [3.05, 3.63) is 65.2 Å². The molecular formula is C22H23NO4. The van der Waals surface area contributed by atoms with Crippen LogP contribution in [0.4, 0.5) is 0 Å². The first-order valence-electron chi connectivity index (χ1n) is 8.96. The number of phenolic OH excluding ortho intramolecular Hbond substituents is 1. The maximum atomic E-state index is 10.8. The van der Waals surface area contributed by atoms with E-state index in [9.17, 15) is 10.2 Å². The van der Waals surface area contributed by atoms with Crippen molar-refractivity contribution in [1.29, 1.82) is 0 Å². The highest BCUT2D eigenvalue weighted by Crippen LogP contribution is 2.40. The summed E-state index contributed by atoms with van der Waals surface area (Å²) in [4.78, 5) is 2.12. The van der Waals surface area contributed by atoms with Crippen LogP contribution in [0.2, 0.25) is 0 Å². The monoisotopic (exact) mass is 365 g/mol. The SMILES string of the molecule is COc1ccc(OC)c2c1CN(Cc1c(O)ccc3ccccc13)C[C@@H]2O. The Hall–Kier alpha value is -2.76. The fraction of sp³-hybridized carbons (Fsp3) is 0.273. The normalized spacial score (nSPS) is 16.9. The molecule has 1 aliphatic heterocycles. The van der Waals surface area contributed by atoms with Gasteiger partial charge in [0.25, 0.3) is 0 Å². The molecule has 0 amide bonds. The molecule has 5 nitrogen and oxygen atoms in total. The topological polar surface area (TPSA) is 62.2 Å². The maximum absolute atomic E-state index is 10.8. The van der Waals surface area contributed by atoms with Gasteiger partial charge >= 0.3 is 0 Å². The molecule has 4 rings (SSSR count). The van der Waals surface area contributed by atoms with E-state index in [1.54, 1.807) is 20.3 Å². The molecule has 0 saturated carbocycles. The Bertz CT molecular complexity index is 985. The van der Waals surface area contributed by atoms with Crippen LogP contribution in [0, 0.1) is 0 Å². The first-order valence-corrected chi connectivity index (χ1v) is 8.96. The summed E-state index contributed by atoms with van der Waals surface area (Å²) in [5, 5.41) is 23.3. The smallest absolute Gasteiger partial charge is 0.125 e. The standard InChI is InChI=1S/C22H23NO4/c1-26-20-9-10-21(27-2)22-17(20)12-23(13-19(22)25)11-16-15-6-4-3-5-14(15)7-8-18(16)24/h3-10,19,24-25H,11-13H2,1-2H3/t19-/m0/s1. The summed E-state index contributed by atoms with van der Waals surface area (Å²) >= 11 is 0. The Morgan fingerprint density at radius 1 is 1.00 bits per heavy atom. The van der Waals surface area contributed by atoms with Crippen LogP contribution in [-0.2, 0) is 13.1 Å². The largest absolute Gasteiger partial charge is 0.508 e. The average molecular weight is 365 g/mol. The van der Waals surface area contributed by atoms with E-state index in [0.29, 0.717) is 25.4 Å². The van der Waals surface area contributed by atoms with Crippen LogP contribution in [-0.4, -0.2) is 35.9 Å². The van der Waals surface area contributed by atoms with Gasteiger partial charge in [-0.25, -0.2) is 0 Å². The van der Waals surface area contributed by atoms with E-state index in [0.717, 1.165) is 33.2 Å². The zero-order chi connectivity index (χ0) is 19.0. The molecule has 0 aliphatic carbocycles. The number of β-amino-alcohol motifs (C(OH)–C–C–N with tert-alkyl or cyclic N) is 1. The Balaban J connectivity index is 1.72. The zero-order valence-corrected chi connectivity index (χ0v) is 15.5. The summed E-state index contributed by atoms with van der Waals surface area (Å²) in [6.45, 7) is 1.60. The quantitative estimate of drug-likeness (QED) is 0.740. The van der Waals surface area contributed by atoms with E-state index in [1.807, 2.05) is 42.5 Å². The molecule has 0 radical (unpaired) electrons. The highest BCUT2D eigenvalue weighted by molar-refractivity contribution is 5.87. The van der Waals surface area contributed by atoms with Gasteiger partial charge in [0, 0.05) is 36.3 Å². The molecule has 0 aromatic heterocycles. The number of aromatic hydroxyl groups is 1. The molecule has 0 unspecified atom stereocenters. The molecule has 3 aromatic rings. The third-order valence-electron chi connectivity index (χ3n) is 5.26. The van der Waals surface area contributed by atoms with Crippen molar-refractivity contribution in [3.63, 3.8) is 0 Å². The van der Waals surface area contributed by atoms with Gasteiger partial charge in [0.2, 0.25) is 0 Å². The lowest BCUT2D eigenvalue weighted by Gasteiger charge is -2.34. The highest BCUT2D eigenvalue weighted by Gasteiger charge is 2.30. The number of hydrogen-bond acceptors (Lipinski definition) is 5. The lowest BCUT2D eigenvalue weighted by molar-refractivity contribution is 0.0841. The van der Waals surface area contributed by atoms with Crippen LogP contribution in [0.5, 0.6) is 17.2 Å². The van der Waals surface area contributed by atoms with E-state index < -0.39 is 6.10 Å². The van der Waals surface area contributed by atoms with Crippen LogP contribution in [0.3, 0.4) is 0 Å². The van der Waals surface area contributed by atoms with Crippen molar-refractivity contribution >= 4 is 10.8 Å². The third kappa shape index (κ3) is 3.09. The number of aliphatic hydroxyl groups excluding tert-OH is 1. The van der Waals surface area contributed by atoms with Gasteiger partial charge in [-0.2, -0.15) is 0 Å². The summed E-state index contributed by atoms with van der Waals surface area (Å²) in [6.07, 6.45) is -0.684. The third-order valence-corrected chi connectivity index (χ3v) is 5.26. The highest BCUT2D eigenvalue weighted by atomic mass is 16.5. The number of benzene rings is 3. The number of rotatable bonds is 4. The second-order valence-electron chi connectivity index (χ2n) is 6.83. The van der Waals surface area contributed by atoms with E-state index in [4.69, 9.17) is 9.47 Å². The molecule has 1 aliphatic rings. The van der Waals surface area contributed by atoms with Crippen LogP contribution >= 0.6 is 0 Å². The Morgan fingerprint density at radius 3 is 2.52 bits per heavy atom. The molecule has 1 heterocycles. The van der Waals surface area contributed by atoms with Crippen molar-refractivity contribution in [3.8, 4) is 17.2 Å². The number of ether oxygens (including phenoxy) is 2. The predicted octanol–water partition coefficient (Wildman–Crippen LogP) is 3.61. The van der Waals surface area contributed by atoms with Gasteiger partial charge in [0.1, 0.15) is 17.2 Å². The molecule has 1 atom stereocenters. The van der Waals surface area contributed by atoms with Crippen LogP contribution < -0.4 is 9.47 Å². The lowest BCUT2D eigenvalue weighted by atomic mass is 9.94. The molecule has 3 aromatic carbocycles. The van der Waals surface area contributed by atoms with Crippen LogP contribution in [0.1, 0.15) is 22.8 Å². The van der Waals surface area contributed by atoms with E-state index in [-0.39, 0.29) is 5.75 Å². The molecule has 0 bridgehead atoms. The Kier molecular flexibility index (Phi) is 4.64. The number of nitrogens with zero attached hydrogens (tertiary/aromatic N) is 1. The number of hydrogen-bond donors (Lipinski definition) is 2. The molecule has 5 heteroatoms. The molecule has 0 saturated heterocycles. The van der Waals surface area contributed by atoms with Gasteiger partial charge in [0.15, 0.2) is 0 Å². The predicted molar refractivity (Wildman–Crippen MR) is 104 cm³/mol. The fourth-order valence-electron chi connectivity index (χ4n) is 3.98. The minimum atomic E-state index is -0.684. The average Bonchev–Trinajstić information content (AvgIpc) is 2.69. The van der Waals surface area contributed by atoms with Crippen molar-refractivity contribution < 1.29 is 19.7 Å². The van der Waals surface area contributed by atoms with Gasteiger partial charge in [-0.3, -0.25) is 4.90 Å². The van der Waals surface area contributed by atoms with Gasteiger partial charge in [-0.05, 0) is 29.0 Å². The summed E-state index contributed by atoms with van der Waals surface area (Å²) in [6, 6.07) is 15.4. The molecule has 140 valence electrons. The molecule has 0 spiro atoms. The minimum absolute atomic E-state index is 0.270. The molecular weight excluding hydrogens is 342 g/mol. The second-order valence-corrected chi connectivity index (χ2v) is 6.83. The molecule has 27 heavy (non-hydrogen) atoms. The van der Waals surface area contributed by atoms with Crippen LogP contribution in [0.25, 0.3) is 10.8 Å². The van der Waals surface area contributed by atoms with Crippen LogP contribution in [0.15, 0.2) is 48.5 Å². The maximum Gasteiger partial charge on any atom is 0.125 e. The van der Waals surface area contributed by atoms with Gasteiger partial charge < -0.3 is 19.7 Å². The van der Waals surface area contributed by atoms with Crippen molar-refractivity contribution in [2.75, 3.05) is 20.8 Å². The van der Waals surface area contributed by atoms with Crippen molar-refractivity contribution in [2.45, 2.75) is 19.2 Å². The van der Waals surface area contributed by atoms with Gasteiger partial charge in [0.05, 0.1) is 20.3 Å². The summed E-state index contributed by atoms with van der Waals surface area (Å²) < 4.78 is 10.9. The second kappa shape index (κ2) is 7.10. The minimum Gasteiger partial charge on any atom is -0.508 e. The van der Waals surface area contributed by atoms with E-state index in [1.165, 1.54) is 0 Å². The van der Waals surface area contributed by atoms with E-state index >= 15 is 0 Å². The van der Waals surface area contributed by atoms with E-state index in [2.05, 4.69) is 4.90 Å². The Morgan fingerprint density at radius 2 is 1.74 bits per heavy atom. The summed E-state index contributed by atoms with van der Waals surface area (Å²) in [5.74, 6) is 1.68. The van der Waals surface area contributed by atoms with Gasteiger partial charge in [-0.15, -0.1) is 0 Å². The van der Waals surface area contributed by atoms with Gasteiger partial charge in [-0.1, -0.05) is 30.3 Å². The summed E-state index contributed by atoms with van der Waals surface area (Å²) in [7, 11) is 3.24. The number of methoxy groups -OCH3 is 2. The van der Waals surface area contributed by atoms with Crippen molar-refractivity contribution in [1.82, 2.24) is 4.90 Å². The van der Waals surface area contributed by atoms with Crippen molar-refractivity contribution in [2.24, 2.45) is 0 Å². The molecule has 0 fully saturated rings. The number of fused-ring (bicyclic) bond motifs is 2. The summed E-state index contributed by atoms with van der Waals surface area (Å²) in [5.41, 5.74) is 2.58. The number of phenols is 1. The number of aliphatic hydroxyl groups is 1. The zero-order valence-electron chi connectivity index (χ0n) is 15.5. The lowest BCUT2D eigenvalue weighted by Crippen LogP contribution is -2.33. The molecule has 2 N–H and O–H groups in total.